The Morgan fingerprint density at radius 2 is 1.70 bits per heavy atom. The molecular formula is C16H22N4. The number of anilines is 2. The predicted molar refractivity (Wildman–Crippen MR) is 83.3 cm³/mol. The van der Waals surface area contributed by atoms with E-state index >= 15 is 0 Å². The normalized spacial score (nSPS) is 10.7. The molecule has 1 aromatic heterocycles. The van der Waals surface area contributed by atoms with Crippen molar-refractivity contribution in [3.63, 3.8) is 0 Å². The molecule has 0 atom stereocenters. The van der Waals surface area contributed by atoms with Crippen LogP contribution in [-0.2, 0) is 19.3 Å². The number of benzene rings is 1. The molecule has 1 heterocycles. The third kappa shape index (κ3) is 3.70. The average molecular weight is 270 g/mol. The second-order valence-electron chi connectivity index (χ2n) is 4.98. The minimum atomic E-state index is 0.276. The Labute approximate surface area is 120 Å². The topological polar surface area (TPSA) is 77.8 Å². The lowest BCUT2D eigenvalue weighted by Gasteiger charge is -2.11. The van der Waals surface area contributed by atoms with Crippen molar-refractivity contribution >= 4 is 11.8 Å². The SMILES string of the molecule is CCCc1nc(N)nc(N)c1CCCc1ccccc1. The average Bonchev–Trinajstić information content (AvgIpc) is 2.43. The molecule has 4 nitrogen and oxygen atoms in total. The quantitative estimate of drug-likeness (QED) is 0.846. The third-order valence-corrected chi connectivity index (χ3v) is 3.36. The van der Waals surface area contributed by atoms with Crippen LogP contribution in [-0.4, -0.2) is 9.97 Å². The molecule has 0 spiro atoms. The van der Waals surface area contributed by atoms with E-state index in [2.05, 4.69) is 41.2 Å². The van der Waals surface area contributed by atoms with Crippen molar-refractivity contribution in [3.8, 4) is 0 Å². The van der Waals surface area contributed by atoms with Crippen LogP contribution in [0.15, 0.2) is 30.3 Å². The van der Waals surface area contributed by atoms with E-state index in [1.807, 2.05) is 6.07 Å². The molecule has 2 aromatic rings. The highest BCUT2D eigenvalue weighted by atomic mass is 15.0. The van der Waals surface area contributed by atoms with Gasteiger partial charge in [0, 0.05) is 5.56 Å². The van der Waals surface area contributed by atoms with Gasteiger partial charge in [0.25, 0.3) is 0 Å². The largest absolute Gasteiger partial charge is 0.383 e. The molecule has 0 saturated heterocycles. The Hall–Kier alpha value is -2.10. The third-order valence-electron chi connectivity index (χ3n) is 3.36. The standard InChI is InChI=1S/C16H22N4/c1-2-7-14-13(15(17)20-16(18)19-14)11-6-10-12-8-4-3-5-9-12/h3-5,8-9H,2,6-7,10-11H2,1H3,(H4,17,18,19,20). The van der Waals surface area contributed by atoms with Crippen LogP contribution in [0.25, 0.3) is 0 Å². The second-order valence-corrected chi connectivity index (χ2v) is 4.98. The number of nitrogens with zero attached hydrogens (tertiary/aromatic N) is 2. The summed E-state index contributed by atoms with van der Waals surface area (Å²) in [5, 5.41) is 0. The van der Waals surface area contributed by atoms with Crippen molar-refractivity contribution in [2.24, 2.45) is 0 Å². The molecule has 4 heteroatoms. The fourth-order valence-electron chi connectivity index (χ4n) is 2.40. The maximum atomic E-state index is 6.00. The maximum absolute atomic E-state index is 6.00. The first-order valence-corrected chi connectivity index (χ1v) is 7.15. The number of aromatic nitrogens is 2. The molecule has 4 N–H and O–H groups in total. The molecule has 0 aliphatic carbocycles. The molecule has 0 aliphatic rings. The summed E-state index contributed by atoms with van der Waals surface area (Å²) in [6.07, 6.45) is 4.91. The molecule has 106 valence electrons. The Kier molecular flexibility index (Phi) is 4.93. The van der Waals surface area contributed by atoms with Gasteiger partial charge in [0.15, 0.2) is 0 Å². The van der Waals surface area contributed by atoms with Gasteiger partial charge < -0.3 is 11.5 Å². The summed E-state index contributed by atoms with van der Waals surface area (Å²) >= 11 is 0. The molecule has 1 aromatic carbocycles. The monoisotopic (exact) mass is 270 g/mol. The van der Waals surface area contributed by atoms with Crippen LogP contribution < -0.4 is 11.5 Å². The van der Waals surface area contributed by atoms with Gasteiger partial charge in [-0.15, -0.1) is 0 Å². The van der Waals surface area contributed by atoms with Crippen molar-refractivity contribution in [2.45, 2.75) is 39.0 Å². The highest BCUT2D eigenvalue weighted by molar-refractivity contribution is 5.46. The number of nitrogens with two attached hydrogens (primary N) is 2. The minimum absolute atomic E-state index is 0.276. The van der Waals surface area contributed by atoms with Crippen molar-refractivity contribution < 1.29 is 0 Å². The lowest BCUT2D eigenvalue weighted by atomic mass is 10.0. The van der Waals surface area contributed by atoms with Crippen LogP contribution >= 0.6 is 0 Å². The molecule has 0 fully saturated rings. The molecule has 0 saturated carbocycles. The summed E-state index contributed by atoms with van der Waals surface area (Å²) in [6.45, 7) is 2.13. The molecule has 0 bridgehead atoms. The van der Waals surface area contributed by atoms with Crippen molar-refractivity contribution in [3.05, 3.63) is 47.2 Å². The zero-order chi connectivity index (χ0) is 14.4. The van der Waals surface area contributed by atoms with E-state index in [1.165, 1.54) is 5.56 Å². The van der Waals surface area contributed by atoms with Crippen LogP contribution in [0.2, 0.25) is 0 Å². The van der Waals surface area contributed by atoms with Gasteiger partial charge in [-0.25, -0.2) is 4.98 Å². The van der Waals surface area contributed by atoms with Crippen LogP contribution in [0.5, 0.6) is 0 Å². The Balaban J connectivity index is 2.05. The Morgan fingerprint density at radius 1 is 0.950 bits per heavy atom. The van der Waals surface area contributed by atoms with Gasteiger partial charge in [0.2, 0.25) is 5.95 Å². The highest BCUT2D eigenvalue weighted by Crippen LogP contribution is 2.19. The van der Waals surface area contributed by atoms with Gasteiger partial charge in [-0.2, -0.15) is 4.98 Å². The Morgan fingerprint density at radius 3 is 2.40 bits per heavy atom. The minimum Gasteiger partial charge on any atom is -0.383 e. The first-order valence-electron chi connectivity index (χ1n) is 7.15. The molecule has 20 heavy (non-hydrogen) atoms. The number of rotatable bonds is 6. The lowest BCUT2D eigenvalue weighted by molar-refractivity contribution is 0.782. The fraction of sp³-hybridized carbons (Fsp3) is 0.375. The van der Waals surface area contributed by atoms with E-state index in [0.717, 1.165) is 43.4 Å². The molecule has 0 unspecified atom stereocenters. The van der Waals surface area contributed by atoms with E-state index in [4.69, 9.17) is 11.5 Å². The van der Waals surface area contributed by atoms with Gasteiger partial charge in [-0.3, -0.25) is 0 Å². The van der Waals surface area contributed by atoms with E-state index < -0.39 is 0 Å². The fourth-order valence-corrected chi connectivity index (χ4v) is 2.40. The molecular weight excluding hydrogens is 248 g/mol. The van der Waals surface area contributed by atoms with E-state index in [0.29, 0.717) is 5.82 Å². The van der Waals surface area contributed by atoms with Crippen molar-refractivity contribution in [1.29, 1.82) is 0 Å². The molecule has 2 rings (SSSR count). The van der Waals surface area contributed by atoms with E-state index in [-0.39, 0.29) is 5.95 Å². The van der Waals surface area contributed by atoms with Crippen molar-refractivity contribution in [2.75, 3.05) is 11.5 Å². The summed E-state index contributed by atoms with van der Waals surface area (Å²) in [5.74, 6) is 0.812. The van der Waals surface area contributed by atoms with Crippen LogP contribution in [0.3, 0.4) is 0 Å². The zero-order valence-electron chi connectivity index (χ0n) is 12.0. The van der Waals surface area contributed by atoms with Gasteiger partial charge in [-0.05, 0) is 31.2 Å². The van der Waals surface area contributed by atoms with Gasteiger partial charge >= 0.3 is 0 Å². The molecule has 0 amide bonds. The first kappa shape index (κ1) is 14.3. The van der Waals surface area contributed by atoms with E-state index in [9.17, 15) is 0 Å². The first-order chi connectivity index (χ1) is 9.70. The number of hydrogen-bond donors (Lipinski definition) is 2. The smallest absolute Gasteiger partial charge is 0.222 e. The summed E-state index contributed by atoms with van der Waals surface area (Å²) < 4.78 is 0. The van der Waals surface area contributed by atoms with Crippen LogP contribution in [0, 0.1) is 0 Å². The summed E-state index contributed by atoms with van der Waals surface area (Å²) in [6, 6.07) is 10.5. The van der Waals surface area contributed by atoms with Gasteiger partial charge in [0.1, 0.15) is 5.82 Å². The molecule has 0 radical (unpaired) electrons. The summed E-state index contributed by atoms with van der Waals surface area (Å²) in [7, 11) is 0. The second kappa shape index (κ2) is 6.89. The highest BCUT2D eigenvalue weighted by Gasteiger charge is 2.10. The van der Waals surface area contributed by atoms with E-state index in [1.54, 1.807) is 0 Å². The maximum Gasteiger partial charge on any atom is 0.222 e. The summed E-state index contributed by atoms with van der Waals surface area (Å²) in [5.41, 5.74) is 15.1. The van der Waals surface area contributed by atoms with Gasteiger partial charge in [-0.1, -0.05) is 43.7 Å². The lowest BCUT2D eigenvalue weighted by Crippen LogP contribution is -2.09. The van der Waals surface area contributed by atoms with Crippen molar-refractivity contribution in [1.82, 2.24) is 9.97 Å². The molecule has 0 aliphatic heterocycles. The van der Waals surface area contributed by atoms with Gasteiger partial charge in [0.05, 0.1) is 5.69 Å². The van der Waals surface area contributed by atoms with Crippen LogP contribution in [0.4, 0.5) is 11.8 Å². The zero-order valence-corrected chi connectivity index (χ0v) is 12.0. The predicted octanol–water partition coefficient (Wildman–Crippen LogP) is 2.77. The number of nitrogen functional groups attached to an aromatic ring is 2. The van der Waals surface area contributed by atoms with Crippen LogP contribution in [0.1, 0.15) is 36.6 Å². The number of hydrogen-bond acceptors (Lipinski definition) is 4. The summed E-state index contributed by atoms with van der Waals surface area (Å²) in [4.78, 5) is 8.42. The number of aryl methyl sites for hydroxylation is 2. The Bertz CT molecular complexity index is 552.